The summed E-state index contributed by atoms with van der Waals surface area (Å²) in [6.45, 7) is 1.39. The summed E-state index contributed by atoms with van der Waals surface area (Å²) in [4.78, 5) is 30.4. The van der Waals surface area contributed by atoms with Crippen molar-refractivity contribution in [2.24, 2.45) is 0 Å². The number of nitrogens with one attached hydrogen (secondary N) is 2. The summed E-state index contributed by atoms with van der Waals surface area (Å²) < 4.78 is 0. The Morgan fingerprint density at radius 2 is 2.04 bits per heavy atom. The van der Waals surface area contributed by atoms with Gasteiger partial charge >= 0.3 is 0 Å². The zero-order valence-electron chi connectivity index (χ0n) is 14.7. The van der Waals surface area contributed by atoms with Gasteiger partial charge in [-0.25, -0.2) is 0 Å². The fraction of sp³-hybridized carbons (Fsp3) is 0.200. The van der Waals surface area contributed by atoms with Crippen LogP contribution in [0.15, 0.2) is 54.9 Å². The van der Waals surface area contributed by atoms with Gasteiger partial charge < -0.3 is 10.2 Å². The molecular weight excluding hydrogens is 342 g/mol. The molecule has 0 radical (unpaired) electrons. The van der Waals surface area contributed by atoms with E-state index in [4.69, 9.17) is 0 Å². The van der Waals surface area contributed by atoms with Gasteiger partial charge in [0.2, 0.25) is 5.91 Å². The largest absolute Gasteiger partial charge is 0.338 e. The number of benzene rings is 1. The molecule has 0 spiro atoms. The first-order chi connectivity index (χ1) is 13.2. The molecule has 1 aliphatic heterocycles. The number of aromatic nitrogens is 3. The second-order valence-corrected chi connectivity index (χ2v) is 6.44. The standard InChI is InChI=1S/C20H19N5O2/c26-18-5-3-11-25(18)13-14-6-8-15(9-7-14)20(27)23-17-12-22-24-19(17)16-4-1-2-10-21-16/h1-2,4,6-10,12H,3,5,11,13H2,(H,22,24)(H,23,27). The Kier molecular flexibility index (Phi) is 4.65. The number of likely N-dealkylation sites (tertiary alicyclic amines) is 1. The third kappa shape index (κ3) is 3.72. The Morgan fingerprint density at radius 1 is 1.19 bits per heavy atom. The fourth-order valence-electron chi connectivity index (χ4n) is 3.13. The highest BCUT2D eigenvalue weighted by molar-refractivity contribution is 6.05. The number of aromatic amines is 1. The van der Waals surface area contributed by atoms with Crippen LogP contribution in [0.4, 0.5) is 5.69 Å². The van der Waals surface area contributed by atoms with Crippen molar-refractivity contribution in [1.29, 1.82) is 0 Å². The van der Waals surface area contributed by atoms with Crippen LogP contribution in [0.1, 0.15) is 28.8 Å². The number of rotatable bonds is 5. The van der Waals surface area contributed by atoms with Crippen molar-refractivity contribution in [3.05, 3.63) is 66.0 Å². The normalized spacial score (nSPS) is 13.8. The van der Waals surface area contributed by atoms with Crippen LogP contribution in [0.3, 0.4) is 0 Å². The van der Waals surface area contributed by atoms with Gasteiger partial charge in [-0.15, -0.1) is 0 Å². The van der Waals surface area contributed by atoms with Crippen LogP contribution in [0, 0.1) is 0 Å². The minimum absolute atomic E-state index is 0.193. The summed E-state index contributed by atoms with van der Waals surface area (Å²) in [6, 6.07) is 12.9. The number of hydrogen-bond acceptors (Lipinski definition) is 4. The number of carbonyl (C=O) groups excluding carboxylic acids is 2. The average Bonchev–Trinajstić information content (AvgIpc) is 3.32. The van der Waals surface area contributed by atoms with Crippen LogP contribution in [-0.4, -0.2) is 38.4 Å². The van der Waals surface area contributed by atoms with E-state index in [-0.39, 0.29) is 11.8 Å². The van der Waals surface area contributed by atoms with Crippen LogP contribution < -0.4 is 5.32 Å². The molecule has 7 nitrogen and oxygen atoms in total. The van der Waals surface area contributed by atoms with E-state index in [1.54, 1.807) is 24.5 Å². The summed E-state index contributed by atoms with van der Waals surface area (Å²) >= 11 is 0. The Hall–Kier alpha value is -3.48. The summed E-state index contributed by atoms with van der Waals surface area (Å²) in [7, 11) is 0. The number of amides is 2. The van der Waals surface area contributed by atoms with Gasteiger partial charge in [0.25, 0.3) is 5.91 Å². The highest BCUT2D eigenvalue weighted by atomic mass is 16.2. The molecule has 4 rings (SSSR count). The van der Waals surface area contributed by atoms with Crippen LogP contribution in [-0.2, 0) is 11.3 Å². The molecule has 2 amide bonds. The lowest BCUT2D eigenvalue weighted by Crippen LogP contribution is -2.23. The molecule has 0 unspecified atom stereocenters. The van der Waals surface area contributed by atoms with E-state index in [1.807, 2.05) is 35.2 Å². The molecule has 0 saturated carbocycles. The molecule has 3 heterocycles. The first kappa shape index (κ1) is 17.0. The maximum atomic E-state index is 12.6. The molecule has 0 aliphatic carbocycles. The topological polar surface area (TPSA) is 91.0 Å². The van der Waals surface area contributed by atoms with Gasteiger partial charge in [0.1, 0.15) is 5.69 Å². The third-order valence-corrected chi connectivity index (χ3v) is 4.57. The number of nitrogens with zero attached hydrogens (tertiary/aromatic N) is 3. The number of carbonyl (C=O) groups is 2. The minimum Gasteiger partial charge on any atom is -0.338 e. The van der Waals surface area contributed by atoms with Gasteiger partial charge in [-0.1, -0.05) is 18.2 Å². The van der Waals surface area contributed by atoms with E-state index >= 15 is 0 Å². The molecule has 0 bridgehead atoms. The highest BCUT2D eigenvalue weighted by Gasteiger charge is 2.20. The van der Waals surface area contributed by atoms with Crippen LogP contribution in [0.25, 0.3) is 11.4 Å². The van der Waals surface area contributed by atoms with Crippen molar-refractivity contribution in [3.63, 3.8) is 0 Å². The molecule has 2 N–H and O–H groups in total. The number of pyridine rings is 1. The number of hydrogen-bond donors (Lipinski definition) is 2. The van der Waals surface area contributed by atoms with Gasteiger partial charge in [-0.2, -0.15) is 5.10 Å². The van der Waals surface area contributed by atoms with E-state index in [2.05, 4.69) is 20.5 Å². The van der Waals surface area contributed by atoms with E-state index in [0.717, 1.165) is 18.5 Å². The molecular formula is C20H19N5O2. The maximum absolute atomic E-state index is 12.6. The Balaban J connectivity index is 1.45. The van der Waals surface area contributed by atoms with Crippen molar-refractivity contribution in [2.75, 3.05) is 11.9 Å². The van der Waals surface area contributed by atoms with Crippen molar-refractivity contribution < 1.29 is 9.59 Å². The molecule has 1 aromatic carbocycles. The third-order valence-electron chi connectivity index (χ3n) is 4.57. The molecule has 27 heavy (non-hydrogen) atoms. The summed E-state index contributed by atoms with van der Waals surface area (Å²) in [6.07, 6.45) is 4.80. The van der Waals surface area contributed by atoms with Gasteiger partial charge in [-0.05, 0) is 36.2 Å². The average molecular weight is 361 g/mol. The Labute approximate surface area is 156 Å². The summed E-state index contributed by atoms with van der Waals surface area (Å²) in [5.41, 5.74) is 3.49. The summed E-state index contributed by atoms with van der Waals surface area (Å²) in [5, 5.41) is 9.74. The molecule has 2 aromatic heterocycles. The summed E-state index contributed by atoms with van der Waals surface area (Å²) in [5.74, 6) is -0.0313. The van der Waals surface area contributed by atoms with Crippen molar-refractivity contribution in [3.8, 4) is 11.4 Å². The van der Waals surface area contributed by atoms with Gasteiger partial charge in [0.15, 0.2) is 0 Å². The van der Waals surface area contributed by atoms with E-state index < -0.39 is 0 Å². The fourth-order valence-corrected chi connectivity index (χ4v) is 3.13. The zero-order valence-corrected chi connectivity index (χ0v) is 14.7. The minimum atomic E-state index is -0.225. The van der Waals surface area contributed by atoms with Crippen LogP contribution >= 0.6 is 0 Å². The van der Waals surface area contributed by atoms with Crippen molar-refractivity contribution in [1.82, 2.24) is 20.1 Å². The van der Waals surface area contributed by atoms with Crippen LogP contribution in [0.2, 0.25) is 0 Å². The number of anilines is 1. The van der Waals surface area contributed by atoms with Crippen molar-refractivity contribution >= 4 is 17.5 Å². The molecule has 3 aromatic rings. The molecule has 1 saturated heterocycles. The lowest BCUT2D eigenvalue weighted by atomic mass is 10.1. The molecule has 7 heteroatoms. The highest BCUT2D eigenvalue weighted by Crippen LogP contribution is 2.23. The van der Waals surface area contributed by atoms with E-state index in [1.165, 1.54) is 0 Å². The monoisotopic (exact) mass is 361 g/mol. The Bertz CT molecular complexity index is 950. The lowest BCUT2D eigenvalue weighted by molar-refractivity contribution is -0.128. The lowest BCUT2D eigenvalue weighted by Gasteiger charge is -2.15. The van der Waals surface area contributed by atoms with E-state index in [0.29, 0.717) is 35.6 Å². The van der Waals surface area contributed by atoms with Gasteiger partial charge in [-0.3, -0.25) is 19.7 Å². The second kappa shape index (κ2) is 7.41. The predicted molar refractivity (Wildman–Crippen MR) is 101 cm³/mol. The van der Waals surface area contributed by atoms with Crippen molar-refractivity contribution in [2.45, 2.75) is 19.4 Å². The van der Waals surface area contributed by atoms with Crippen LogP contribution in [0.5, 0.6) is 0 Å². The first-order valence-corrected chi connectivity index (χ1v) is 8.83. The smallest absolute Gasteiger partial charge is 0.255 e. The number of H-pyrrole nitrogens is 1. The van der Waals surface area contributed by atoms with Gasteiger partial charge in [0, 0.05) is 31.3 Å². The Morgan fingerprint density at radius 3 is 2.74 bits per heavy atom. The first-order valence-electron chi connectivity index (χ1n) is 8.83. The zero-order chi connectivity index (χ0) is 18.6. The maximum Gasteiger partial charge on any atom is 0.255 e. The second-order valence-electron chi connectivity index (χ2n) is 6.44. The predicted octanol–water partition coefficient (Wildman–Crippen LogP) is 2.85. The quantitative estimate of drug-likeness (QED) is 0.731. The van der Waals surface area contributed by atoms with E-state index in [9.17, 15) is 9.59 Å². The SMILES string of the molecule is O=C(Nc1cn[nH]c1-c1ccccn1)c1ccc(CN2CCCC2=O)cc1. The molecule has 1 aliphatic rings. The molecule has 136 valence electrons. The molecule has 1 fully saturated rings. The molecule has 0 atom stereocenters. The van der Waals surface area contributed by atoms with Gasteiger partial charge in [0.05, 0.1) is 17.6 Å².